The molecule has 0 aliphatic carbocycles. The van der Waals surface area contributed by atoms with Gasteiger partial charge >= 0.3 is 6.03 Å². The third-order valence-electron chi connectivity index (χ3n) is 5.22. The minimum Gasteiger partial charge on any atom is -0.497 e. The van der Waals surface area contributed by atoms with Crippen LogP contribution in [0.25, 0.3) is 22.2 Å². The number of hydrogen-bond acceptors (Lipinski definition) is 5. The molecule has 0 unspecified atom stereocenters. The predicted octanol–water partition coefficient (Wildman–Crippen LogP) is 5.88. The van der Waals surface area contributed by atoms with Gasteiger partial charge in [0.05, 0.1) is 38.2 Å². The van der Waals surface area contributed by atoms with E-state index in [9.17, 15) is 4.79 Å². The van der Waals surface area contributed by atoms with Crippen LogP contribution in [0, 0.1) is 6.92 Å². The Hall–Kier alpha value is -4.26. The number of fused-ring (bicyclic) bond motifs is 1. The average Bonchev–Trinajstić information content (AvgIpc) is 2.83. The first kappa shape index (κ1) is 22.0. The van der Waals surface area contributed by atoms with E-state index < -0.39 is 6.03 Å². The Morgan fingerprint density at radius 1 is 0.818 bits per heavy atom. The molecule has 0 saturated heterocycles. The second kappa shape index (κ2) is 9.48. The summed E-state index contributed by atoms with van der Waals surface area (Å²) < 4.78 is 16.2. The van der Waals surface area contributed by atoms with E-state index in [1.54, 1.807) is 45.6 Å². The zero-order chi connectivity index (χ0) is 23.4. The number of hydrogen-bond donors (Lipinski definition) is 2. The van der Waals surface area contributed by atoms with Crippen LogP contribution in [0.4, 0.5) is 16.2 Å². The summed E-state index contributed by atoms with van der Waals surface area (Å²) in [7, 11) is 4.72. The molecule has 33 heavy (non-hydrogen) atoms. The zero-order valence-electron chi connectivity index (χ0n) is 18.9. The summed E-state index contributed by atoms with van der Waals surface area (Å²) in [4.78, 5) is 17.4. The molecule has 168 valence electrons. The highest BCUT2D eigenvalue weighted by atomic mass is 16.5. The van der Waals surface area contributed by atoms with Crippen LogP contribution < -0.4 is 24.8 Å². The third-order valence-corrected chi connectivity index (χ3v) is 5.22. The molecule has 0 radical (unpaired) electrons. The molecule has 0 fully saturated rings. The molecule has 7 nitrogen and oxygen atoms in total. The number of benzene rings is 3. The van der Waals surface area contributed by atoms with Crippen molar-refractivity contribution in [3.05, 3.63) is 72.3 Å². The van der Waals surface area contributed by atoms with Crippen molar-refractivity contribution < 1.29 is 19.0 Å². The molecule has 2 amide bonds. The maximum atomic E-state index is 12.6. The highest BCUT2D eigenvalue weighted by molar-refractivity contribution is 6.02. The lowest BCUT2D eigenvalue weighted by molar-refractivity contribution is 0.262. The molecule has 1 heterocycles. The van der Waals surface area contributed by atoms with E-state index in [2.05, 4.69) is 16.7 Å². The van der Waals surface area contributed by atoms with Crippen molar-refractivity contribution in [1.82, 2.24) is 4.98 Å². The second-order valence-electron chi connectivity index (χ2n) is 7.46. The summed E-state index contributed by atoms with van der Waals surface area (Å²) >= 11 is 0. The molecule has 7 heteroatoms. The Morgan fingerprint density at radius 3 is 2.36 bits per heavy atom. The summed E-state index contributed by atoms with van der Waals surface area (Å²) in [5, 5.41) is 6.44. The number of nitrogens with zero attached hydrogens (tertiary/aromatic N) is 1. The van der Waals surface area contributed by atoms with Gasteiger partial charge in [-0.3, -0.25) is 0 Å². The zero-order valence-corrected chi connectivity index (χ0v) is 18.9. The highest BCUT2D eigenvalue weighted by Crippen LogP contribution is 2.32. The van der Waals surface area contributed by atoms with Crippen LogP contribution in [0.15, 0.2) is 66.7 Å². The molecule has 4 rings (SSSR count). The first-order valence-electron chi connectivity index (χ1n) is 10.4. The normalized spacial score (nSPS) is 10.5. The first-order valence-corrected chi connectivity index (χ1v) is 10.4. The number of nitrogens with one attached hydrogen (secondary N) is 2. The lowest BCUT2D eigenvalue weighted by Gasteiger charge is -2.14. The van der Waals surface area contributed by atoms with E-state index in [1.165, 1.54) is 0 Å². The quantitative estimate of drug-likeness (QED) is 0.389. The number of methoxy groups -OCH3 is 3. The van der Waals surface area contributed by atoms with Crippen LogP contribution in [0.2, 0.25) is 0 Å². The van der Waals surface area contributed by atoms with Crippen LogP contribution >= 0.6 is 0 Å². The molecule has 0 saturated carbocycles. The van der Waals surface area contributed by atoms with Crippen LogP contribution in [0.3, 0.4) is 0 Å². The molecule has 0 atom stereocenters. The number of urea groups is 1. The number of pyridine rings is 1. The van der Waals surface area contributed by atoms with Gasteiger partial charge < -0.3 is 24.8 Å². The molecule has 4 aromatic rings. The van der Waals surface area contributed by atoms with E-state index in [1.807, 2.05) is 43.3 Å². The molecular weight excluding hydrogens is 418 g/mol. The van der Waals surface area contributed by atoms with E-state index in [-0.39, 0.29) is 0 Å². The van der Waals surface area contributed by atoms with Crippen LogP contribution in [0.1, 0.15) is 5.56 Å². The maximum Gasteiger partial charge on any atom is 0.323 e. The summed E-state index contributed by atoms with van der Waals surface area (Å²) in [5.74, 6) is 1.81. The fourth-order valence-corrected chi connectivity index (χ4v) is 3.59. The van der Waals surface area contributed by atoms with Gasteiger partial charge in [-0.2, -0.15) is 0 Å². The number of rotatable bonds is 6. The minimum atomic E-state index is -0.413. The van der Waals surface area contributed by atoms with Gasteiger partial charge in [-0.15, -0.1) is 0 Å². The molecule has 0 aliphatic rings. The summed E-state index contributed by atoms with van der Waals surface area (Å²) in [6, 6.07) is 20.3. The predicted molar refractivity (Wildman–Crippen MR) is 131 cm³/mol. The van der Waals surface area contributed by atoms with Crippen LogP contribution in [-0.4, -0.2) is 32.3 Å². The van der Waals surface area contributed by atoms with Gasteiger partial charge in [0.15, 0.2) is 0 Å². The summed E-state index contributed by atoms with van der Waals surface area (Å²) in [6.07, 6.45) is 0. The molecular formula is C26H25N3O4. The number of carbonyl (C=O) groups excluding carboxylic acids is 1. The minimum absolute atomic E-state index is 0.413. The highest BCUT2D eigenvalue weighted by Gasteiger charge is 2.12. The van der Waals surface area contributed by atoms with E-state index in [0.717, 1.165) is 27.7 Å². The van der Waals surface area contributed by atoms with Gasteiger partial charge in [-0.1, -0.05) is 23.8 Å². The van der Waals surface area contributed by atoms with Crippen molar-refractivity contribution in [3.8, 4) is 28.5 Å². The van der Waals surface area contributed by atoms with Gasteiger partial charge in [0.25, 0.3) is 0 Å². The number of ether oxygens (including phenoxy) is 3. The standard InChI is InChI=1S/C26H25N3O4/c1-16-6-5-7-17(12-16)22-15-25(33-4)20-13-18(8-10-21(20)28-22)27-26(30)29-23-14-19(31-2)9-11-24(23)32-3/h5-15H,1-4H3,(H2,27,29,30). The van der Waals surface area contributed by atoms with E-state index >= 15 is 0 Å². The van der Waals surface area contributed by atoms with E-state index in [0.29, 0.717) is 28.6 Å². The third kappa shape index (κ3) is 4.82. The largest absolute Gasteiger partial charge is 0.497 e. The SMILES string of the molecule is COc1ccc(OC)c(NC(=O)Nc2ccc3nc(-c4cccc(C)c4)cc(OC)c3c2)c1. The smallest absolute Gasteiger partial charge is 0.323 e. The van der Waals surface area contributed by atoms with Crippen molar-refractivity contribution in [3.63, 3.8) is 0 Å². The monoisotopic (exact) mass is 443 g/mol. The molecule has 2 N–H and O–H groups in total. The van der Waals surface area contributed by atoms with Gasteiger partial charge in [0.2, 0.25) is 0 Å². The average molecular weight is 444 g/mol. The van der Waals surface area contributed by atoms with Crippen molar-refractivity contribution in [2.45, 2.75) is 6.92 Å². The number of aromatic nitrogens is 1. The van der Waals surface area contributed by atoms with Crippen LogP contribution in [-0.2, 0) is 0 Å². The number of carbonyl (C=O) groups is 1. The van der Waals surface area contributed by atoms with E-state index in [4.69, 9.17) is 19.2 Å². The van der Waals surface area contributed by atoms with Gasteiger partial charge in [-0.25, -0.2) is 9.78 Å². The molecule has 1 aromatic heterocycles. The lowest BCUT2D eigenvalue weighted by atomic mass is 10.1. The Morgan fingerprint density at radius 2 is 1.64 bits per heavy atom. The van der Waals surface area contributed by atoms with Crippen molar-refractivity contribution >= 4 is 28.3 Å². The van der Waals surface area contributed by atoms with Gasteiger partial charge in [-0.05, 0) is 43.3 Å². The Balaban J connectivity index is 1.60. The Kier molecular flexibility index (Phi) is 6.31. The fourth-order valence-electron chi connectivity index (χ4n) is 3.59. The Bertz CT molecular complexity index is 1320. The molecule has 0 spiro atoms. The second-order valence-corrected chi connectivity index (χ2v) is 7.46. The van der Waals surface area contributed by atoms with Crippen molar-refractivity contribution in [2.24, 2.45) is 0 Å². The number of anilines is 2. The van der Waals surface area contributed by atoms with Crippen LogP contribution in [0.5, 0.6) is 17.2 Å². The molecule has 3 aromatic carbocycles. The summed E-state index contributed by atoms with van der Waals surface area (Å²) in [5.41, 5.74) is 4.87. The fraction of sp³-hybridized carbons (Fsp3) is 0.154. The topological polar surface area (TPSA) is 81.7 Å². The Labute approximate surface area is 192 Å². The molecule has 0 bridgehead atoms. The van der Waals surface area contributed by atoms with Gasteiger partial charge in [0.1, 0.15) is 17.2 Å². The maximum absolute atomic E-state index is 12.6. The first-order chi connectivity index (χ1) is 16.0. The van der Waals surface area contributed by atoms with Crippen molar-refractivity contribution in [1.29, 1.82) is 0 Å². The van der Waals surface area contributed by atoms with Gasteiger partial charge in [0, 0.05) is 28.8 Å². The number of aryl methyl sites for hydroxylation is 1. The number of amides is 2. The lowest BCUT2D eigenvalue weighted by Crippen LogP contribution is -2.19. The van der Waals surface area contributed by atoms with Crippen molar-refractivity contribution in [2.75, 3.05) is 32.0 Å². The summed E-state index contributed by atoms with van der Waals surface area (Å²) in [6.45, 7) is 2.05. The molecule has 0 aliphatic heterocycles.